The molecule has 6 rings (SSSR count). The van der Waals surface area contributed by atoms with E-state index < -0.39 is 0 Å². The maximum atomic E-state index is 6.54. The molecule has 158 valence electrons. The van der Waals surface area contributed by atoms with Crippen molar-refractivity contribution in [2.45, 2.75) is 24.8 Å². The SMILES string of the molecule is Cn1cc(-c2ncnc3c2nc(-c2ccccc2)n3-c2ccc(C3(N)CCC3)cc2)cn1. The Hall–Kier alpha value is -3.84. The van der Waals surface area contributed by atoms with Crippen LogP contribution in [0, 0.1) is 0 Å². The fourth-order valence-corrected chi connectivity index (χ4v) is 4.46. The third kappa shape index (κ3) is 2.93. The molecule has 2 aromatic carbocycles. The van der Waals surface area contributed by atoms with Crippen LogP contribution in [0.4, 0.5) is 0 Å². The second-order valence-electron chi connectivity index (χ2n) is 8.49. The van der Waals surface area contributed by atoms with E-state index >= 15 is 0 Å². The number of imidazole rings is 1. The zero-order valence-electron chi connectivity index (χ0n) is 17.8. The Kier molecular flexibility index (Phi) is 4.19. The summed E-state index contributed by atoms with van der Waals surface area (Å²) in [5.41, 5.74) is 12.7. The van der Waals surface area contributed by atoms with Crippen LogP contribution in [0.5, 0.6) is 0 Å². The van der Waals surface area contributed by atoms with E-state index in [9.17, 15) is 0 Å². The fraction of sp³-hybridized carbons (Fsp3) is 0.200. The molecule has 3 aromatic heterocycles. The monoisotopic (exact) mass is 421 g/mol. The van der Waals surface area contributed by atoms with Crippen LogP contribution in [0.1, 0.15) is 24.8 Å². The number of hydrogen-bond donors (Lipinski definition) is 1. The van der Waals surface area contributed by atoms with Gasteiger partial charge in [-0.05, 0) is 37.0 Å². The van der Waals surface area contributed by atoms with Crippen molar-refractivity contribution >= 4 is 11.2 Å². The van der Waals surface area contributed by atoms with Gasteiger partial charge in [-0.1, -0.05) is 42.5 Å². The molecule has 0 saturated heterocycles. The molecule has 0 atom stereocenters. The van der Waals surface area contributed by atoms with Crippen LogP contribution in [-0.4, -0.2) is 29.3 Å². The molecule has 2 N–H and O–H groups in total. The van der Waals surface area contributed by atoms with Crippen LogP contribution in [0.3, 0.4) is 0 Å². The Morgan fingerprint density at radius 3 is 2.38 bits per heavy atom. The van der Waals surface area contributed by atoms with E-state index in [2.05, 4.69) is 56.0 Å². The van der Waals surface area contributed by atoms with Crippen molar-refractivity contribution in [3.05, 3.63) is 78.9 Å². The number of fused-ring (bicyclic) bond motifs is 1. The topological polar surface area (TPSA) is 87.4 Å². The standard InChI is InChI=1S/C25H23N7/c1-31-15-18(14-29-31)21-22-24(28-16-27-21)32(23(30-22)17-6-3-2-4-7-17)20-10-8-19(9-11-20)25(26)12-5-13-25/h2-4,6-11,14-16H,5,12-13,26H2,1H3. The maximum Gasteiger partial charge on any atom is 0.168 e. The van der Waals surface area contributed by atoms with Gasteiger partial charge < -0.3 is 5.73 Å². The van der Waals surface area contributed by atoms with Gasteiger partial charge in [0.25, 0.3) is 0 Å². The number of aryl methyl sites for hydroxylation is 1. The molecule has 5 aromatic rings. The summed E-state index contributed by atoms with van der Waals surface area (Å²) in [7, 11) is 1.89. The highest BCUT2D eigenvalue weighted by atomic mass is 15.2. The highest BCUT2D eigenvalue weighted by Crippen LogP contribution is 2.39. The fourth-order valence-electron chi connectivity index (χ4n) is 4.46. The van der Waals surface area contributed by atoms with Gasteiger partial charge in [-0.25, -0.2) is 15.0 Å². The lowest BCUT2D eigenvalue weighted by Crippen LogP contribution is -2.43. The molecule has 0 aliphatic heterocycles. The Labute approximate surface area is 185 Å². The van der Waals surface area contributed by atoms with Crippen LogP contribution in [0.2, 0.25) is 0 Å². The lowest BCUT2D eigenvalue weighted by molar-refractivity contribution is 0.253. The maximum absolute atomic E-state index is 6.54. The molecular formula is C25H23N7. The first-order valence-electron chi connectivity index (χ1n) is 10.8. The molecule has 0 unspecified atom stereocenters. The smallest absolute Gasteiger partial charge is 0.168 e. The first-order valence-corrected chi connectivity index (χ1v) is 10.8. The van der Waals surface area contributed by atoms with E-state index in [0.29, 0.717) is 0 Å². The minimum absolute atomic E-state index is 0.187. The number of rotatable bonds is 4. The summed E-state index contributed by atoms with van der Waals surface area (Å²) in [4.78, 5) is 14.2. The first-order chi connectivity index (χ1) is 15.6. The molecule has 7 heteroatoms. The van der Waals surface area contributed by atoms with Gasteiger partial charge in [-0.2, -0.15) is 5.10 Å². The number of aromatic nitrogens is 6. The van der Waals surface area contributed by atoms with Crippen molar-refractivity contribution in [3.63, 3.8) is 0 Å². The van der Waals surface area contributed by atoms with Crippen LogP contribution in [0.15, 0.2) is 73.3 Å². The van der Waals surface area contributed by atoms with Gasteiger partial charge in [-0.3, -0.25) is 9.25 Å². The highest BCUT2D eigenvalue weighted by molar-refractivity contribution is 5.90. The summed E-state index contributed by atoms with van der Waals surface area (Å²) >= 11 is 0. The zero-order valence-corrected chi connectivity index (χ0v) is 17.8. The van der Waals surface area contributed by atoms with Gasteiger partial charge in [0, 0.05) is 35.6 Å². The molecule has 32 heavy (non-hydrogen) atoms. The lowest BCUT2D eigenvalue weighted by Gasteiger charge is -2.38. The predicted octanol–water partition coefficient (Wildman–Crippen LogP) is 4.22. The number of nitrogens with zero attached hydrogens (tertiary/aromatic N) is 6. The molecular weight excluding hydrogens is 398 g/mol. The third-order valence-corrected chi connectivity index (χ3v) is 6.40. The molecule has 1 fully saturated rings. The third-order valence-electron chi connectivity index (χ3n) is 6.40. The predicted molar refractivity (Wildman–Crippen MR) is 124 cm³/mol. The average Bonchev–Trinajstić information content (AvgIpc) is 3.42. The summed E-state index contributed by atoms with van der Waals surface area (Å²) < 4.78 is 3.86. The summed E-state index contributed by atoms with van der Waals surface area (Å²) in [5, 5.41) is 4.30. The van der Waals surface area contributed by atoms with Crippen molar-refractivity contribution in [2.75, 3.05) is 0 Å². The van der Waals surface area contributed by atoms with E-state index in [1.165, 1.54) is 12.0 Å². The Morgan fingerprint density at radius 2 is 1.72 bits per heavy atom. The normalized spacial score (nSPS) is 15.1. The number of benzene rings is 2. The van der Waals surface area contributed by atoms with E-state index in [1.807, 2.05) is 31.4 Å². The number of hydrogen-bond acceptors (Lipinski definition) is 5. The Morgan fingerprint density at radius 1 is 0.938 bits per heavy atom. The van der Waals surface area contributed by atoms with Gasteiger partial charge in [0.2, 0.25) is 0 Å². The minimum Gasteiger partial charge on any atom is -0.321 e. The Bertz CT molecular complexity index is 1410. The quantitative estimate of drug-likeness (QED) is 0.469. The molecule has 1 saturated carbocycles. The van der Waals surface area contributed by atoms with E-state index in [0.717, 1.165) is 52.3 Å². The minimum atomic E-state index is -0.187. The summed E-state index contributed by atoms with van der Waals surface area (Å²) in [6.07, 6.45) is 8.61. The molecule has 0 spiro atoms. The van der Waals surface area contributed by atoms with E-state index in [1.54, 1.807) is 17.2 Å². The molecule has 0 bridgehead atoms. The van der Waals surface area contributed by atoms with Gasteiger partial charge in [0.15, 0.2) is 5.65 Å². The molecule has 1 aliphatic carbocycles. The molecule has 0 amide bonds. The van der Waals surface area contributed by atoms with Crippen molar-refractivity contribution in [3.8, 4) is 28.3 Å². The molecule has 7 nitrogen and oxygen atoms in total. The van der Waals surface area contributed by atoms with Gasteiger partial charge in [0.1, 0.15) is 23.4 Å². The second-order valence-corrected chi connectivity index (χ2v) is 8.49. The first kappa shape index (κ1) is 18.9. The van der Waals surface area contributed by atoms with Crippen molar-refractivity contribution in [1.29, 1.82) is 0 Å². The van der Waals surface area contributed by atoms with Gasteiger partial charge in [0.05, 0.1) is 6.20 Å². The van der Waals surface area contributed by atoms with Crippen LogP contribution >= 0.6 is 0 Å². The van der Waals surface area contributed by atoms with E-state index in [4.69, 9.17) is 10.7 Å². The van der Waals surface area contributed by atoms with Crippen LogP contribution < -0.4 is 5.73 Å². The van der Waals surface area contributed by atoms with Crippen molar-refractivity contribution < 1.29 is 0 Å². The number of nitrogens with two attached hydrogens (primary N) is 1. The highest BCUT2D eigenvalue weighted by Gasteiger charge is 2.34. The Balaban J connectivity index is 1.57. The average molecular weight is 422 g/mol. The van der Waals surface area contributed by atoms with Crippen molar-refractivity contribution in [1.82, 2.24) is 29.3 Å². The summed E-state index contributed by atoms with van der Waals surface area (Å²) in [5.74, 6) is 0.824. The summed E-state index contributed by atoms with van der Waals surface area (Å²) in [6.45, 7) is 0. The van der Waals surface area contributed by atoms with Gasteiger partial charge in [-0.15, -0.1) is 0 Å². The molecule has 1 aliphatic rings. The zero-order chi connectivity index (χ0) is 21.7. The van der Waals surface area contributed by atoms with E-state index in [-0.39, 0.29) is 5.54 Å². The second kappa shape index (κ2) is 7.10. The summed E-state index contributed by atoms with van der Waals surface area (Å²) in [6, 6.07) is 18.7. The van der Waals surface area contributed by atoms with Crippen LogP contribution in [0.25, 0.3) is 39.5 Å². The van der Waals surface area contributed by atoms with Gasteiger partial charge >= 0.3 is 0 Å². The lowest BCUT2D eigenvalue weighted by atomic mass is 9.73. The largest absolute Gasteiger partial charge is 0.321 e. The molecule has 3 heterocycles. The molecule has 0 radical (unpaired) electrons. The van der Waals surface area contributed by atoms with Crippen molar-refractivity contribution in [2.24, 2.45) is 12.8 Å². The van der Waals surface area contributed by atoms with Crippen LogP contribution in [-0.2, 0) is 12.6 Å².